The van der Waals surface area contributed by atoms with Crippen LogP contribution in [0.5, 0.6) is 5.75 Å². The molecule has 0 saturated heterocycles. The van der Waals surface area contributed by atoms with Gasteiger partial charge in [0.25, 0.3) is 5.91 Å². The highest BCUT2D eigenvalue weighted by molar-refractivity contribution is 5.96. The van der Waals surface area contributed by atoms with Crippen LogP contribution < -0.4 is 11.1 Å². The van der Waals surface area contributed by atoms with E-state index in [1.165, 1.54) is 24.3 Å². The van der Waals surface area contributed by atoms with Crippen LogP contribution >= 0.6 is 0 Å². The Morgan fingerprint density at radius 3 is 1.90 bits per heavy atom. The van der Waals surface area contributed by atoms with E-state index in [9.17, 15) is 24.6 Å². The van der Waals surface area contributed by atoms with Crippen LogP contribution in [0.2, 0.25) is 0 Å². The van der Waals surface area contributed by atoms with Crippen LogP contribution in [0.3, 0.4) is 0 Å². The first-order valence-corrected chi connectivity index (χ1v) is 9.21. The number of rotatable bonds is 6. The fourth-order valence-electron chi connectivity index (χ4n) is 2.52. The van der Waals surface area contributed by atoms with Gasteiger partial charge in [0.2, 0.25) is 0 Å². The number of anilines is 1. The standard InChI is InChI=1S/C16H15NO4.C7H7NO2/c18-13-8-6-11(7-9-13)10-14(16(20)21)17-15(19)12-4-2-1-3-5-12;8-6-3-1-5(2-4-6)7(9)10/h1-9,14,18H,10H2,(H,17,19)(H,20,21);1-4H,8H2,(H,9,10). The molecule has 0 aliphatic carbocycles. The van der Waals surface area contributed by atoms with Crippen molar-refractivity contribution in [3.63, 3.8) is 0 Å². The van der Waals surface area contributed by atoms with Crippen molar-refractivity contribution in [2.24, 2.45) is 0 Å². The highest BCUT2D eigenvalue weighted by Crippen LogP contribution is 2.12. The maximum Gasteiger partial charge on any atom is 0.335 e. The zero-order valence-electron chi connectivity index (χ0n) is 16.4. The Bertz CT molecular complexity index is 1020. The van der Waals surface area contributed by atoms with Crippen molar-refractivity contribution in [3.8, 4) is 5.75 Å². The number of carbonyl (C=O) groups excluding carboxylic acids is 1. The molecule has 0 saturated carbocycles. The molecule has 1 unspecified atom stereocenters. The summed E-state index contributed by atoms with van der Waals surface area (Å²) in [5, 5.41) is 29.4. The first-order valence-electron chi connectivity index (χ1n) is 9.21. The molecular formula is C23H22N2O6. The second kappa shape index (κ2) is 11.0. The average Bonchev–Trinajstić information content (AvgIpc) is 2.76. The monoisotopic (exact) mass is 422 g/mol. The van der Waals surface area contributed by atoms with Gasteiger partial charge in [-0.3, -0.25) is 4.79 Å². The van der Waals surface area contributed by atoms with Gasteiger partial charge in [-0.25, -0.2) is 9.59 Å². The number of nitrogens with one attached hydrogen (secondary N) is 1. The number of nitrogens with two attached hydrogens (primary N) is 1. The fourth-order valence-corrected chi connectivity index (χ4v) is 2.52. The van der Waals surface area contributed by atoms with E-state index >= 15 is 0 Å². The SMILES string of the molecule is Nc1ccc(C(=O)O)cc1.O=C(NC(Cc1ccc(O)cc1)C(=O)O)c1ccccc1. The Hall–Kier alpha value is -4.33. The molecule has 6 N–H and O–H groups in total. The lowest BCUT2D eigenvalue weighted by atomic mass is 10.1. The number of aromatic hydroxyl groups is 1. The van der Waals surface area contributed by atoms with Gasteiger partial charge < -0.3 is 26.4 Å². The molecule has 1 atom stereocenters. The minimum absolute atomic E-state index is 0.110. The summed E-state index contributed by atoms with van der Waals surface area (Å²) in [5.41, 5.74) is 7.29. The number of phenols is 1. The second-order valence-electron chi connectivity index (χ2n) is 6.53. The normalized spacial score (nSPS) is 10.8. The van der Waals surface area contributed by atoms with E-state index in [1.807, 2.05) is 0 Å². The number of carboxylic acid groups (broad SMARTS) is 2. The van der Waals surface area contributed by atoms with E-state index in [2.05, 4.69) is 5.32 Å². The highest BCUT2D eigenvalue weighted by atomic mass is 16.4. The van der Waals surface area contributed by atoms with Crippen molar-refractivity contribution in [1.29, 1.82) is 0 Å². The summed E-state index contributed by atoms with van der Waals surface area (Å²) in [7, 11) is 0. The minimum Gasteiger partial charge on any atom is -0.508 e. The Morgan fingerprint density at radius 2 is 1.39 bits per heavy atom. The quantitative estimate of drug-likeness (QED) is 0.383. The Balaban J connectivity index is 0.000000285. The van der Waals surface area contributed by atoms with Crippen LogP contribution in [-0.4, -0.2) is 39.2 Å². The summed E-state index contributed by atoms with van der Waals surface area (Å²) in [6.45, 7) is 0. The molecule has 0 fully saturated rings. The van der Waals surface area contributed by atoms with Crippen LogP contribution in [0.4, 0.5) is 5.69 Å². The van der Waals surface area contributed by atoms with Gasteiger partial charge in [-0.15, -0.1) is 0 Å². The number of amides is 1. The third kappa shape index (κ3) is 7.54. The Labute approximate surface area is 178 Å². The average molecular weight is 422 g/mol. The molecule has 0 aromatic heterocycles. The number of carboxylic acids is 2. The highest BCUT2D eigenvalue weighted by Gasteiger charge is 2.21. The van der Waals surface area contributed by atoms with Crippen LogP contribution in [0, 0.1) is 0 Å². The third-order valence-electron chi connectivity index (χ3n) is 4.17. The van der Waals surface area contributed by atoms with Crippen molar-refractivity contribution >= 4 is 23.5 Å². The maximum absolute atomic E-state index is 12.0. The summed E-state index contributed by atoms with van der Waals surface area (Å²) in [4.78, 5) is 33.5. The summed E-state index contributed by atoms with van der Waals surface area (Å²) in [6, 6.07) is 19.7. The van der Waals surface area contributed by atoms with Gasteiger partial charge in [-0.1, -0.05) is 30.3 Å². The lowest BCUT2D eigenvalue weighted by molar-refractivity contribution is -0.139. The lowest BCUT2D eigenvalue weighted by Crippen LogP contribution is -2.42. The fraction of sp³-hybridized carbons (Fsp3) is 0.0870. The Kier molecular flexibility index (Phi) is 8.15. The van der Waals surface area contributed by atoms with Crippen LogP contribution in [0.25, 0.3) is 0 Å². The molecule has 31 heavy (non-hydrogen) atoms. The van der Waals surface area contributed by atoms with E-state index < -0.39 is 23.9 Å². The minimum atomic E-state index is -1.10. The third-order valence-corrected chi connectivity index (χ3v) is 4.17. The first-order chi connectivity index (χ1) is 14.8. The van der Waals surface area contributed by atoms with Gasteiger partial charge in [0.15, 0.2) is 0 Å². The summed E-state index contributed by atoms with van der Waals surface area (Å²) in [5.74, 6) is -2.35. The number of aromatic carboxylic acids is 1. The second-order valence-corrected chi connectivity index (χ2v) is 6.53. The molecule has 0 spiro atoms. The first kappa shape index (κ1) is 23.0. The van der Waals surface area contributed by atoms with E-state index in [0.29, 0.717) is 16.8 Å². The molecule has 3 rings (SSSR count). The maximum atomic E-state index is 12.0. The largest absolute Gasteiger partial charge is 0.508 e. The number of aliphatic carboxylic acids is 1. The smallest absolute Gasteiger partial charge is 0.335 e. The van der Waals surface area contributed by atoms with E-state index in [-0.39, 0.29) is 17.7 Å². The van der Waals surface area contributed by atoms with Crippen LogP contribution in [0.15, 0.2) is 78.9 Å². The molecule has 3 aromatic rings. The molecule has 1 amide bonds. The van der Waals surface area contributed by atoms with Crippen LogP contribution in [-0.2, 0) is 11.2 Å². The topological polar surface area (TPSA) is 150 Å². The van der Waals surface area contributed by atoms with E-state index in [0.717, 1.165) is 0 Å². The van der Waals surface area contributed by atoms with Gasteiger partial charge in [0.1, 0.15) is 11.8 Å². The van der Waals surface area contributed by atoms with Gasteiger partial charge >= 0.3 is 11.9 Å². The lowest BCUT2D eigenvalue weighted by Gasteiger charge is -2.14. The van der Waals surface area contributed by atoms with Crippen LogP contribution in [0.1, 0.15) is 26.3 Å². The zero-order valence-corrected chi connectivity index (χ0v) is 16.4. The number of benzene rings is 3. The number of hydrogen-bond donors (Lipinski definition) is 5. The van der Waals surface area contributed by atoms with Crippen molar-refractivity contribution in [1.82, 2.24) is 5.32 Å². The van der Waals surface area contributed by atoms with Gasteiger partial charge in [-0.2, -0.15) is 0 Å². The number of hydrogen-bond acceptors (Lipinski definition) is 5. The van der Waals surface area contributed by atoms with Crippen molar-refractivity contribution in [3.05, 3.63) is 95.6 Å². The molecule has 8 nitrogen and oxygen atoms in total. The van der Waals surface area contributed by atoms with Crippen molar-refractivity contribution in [2.45, 2.75) is 12.5 Å². The van der Waals surface area contributed by atoms with E-state index in [4.69, 9.17) is 10.8 Å². The van der Waals surface area contributed by atoms with Gasteiger partial charge in [0.05, 0.1) is 5.56 Å². The molecule has 8 heteroatoms. The number of carbonyl (C=O) groups is 3. The molecule has 0 bridgehead atoms. The zero-order chi connectivity index (χ0) is 22.8. The predicted molar refractivity (Wildman–Crippen MR) is 115 cm³/mol. The number of phenolic OH excluding ortho intramolecular Hbond substituents is 1. The molecule has 3 aromatic carbocycles. The molecule has 160 valence electrons. The Morgan fingerprint density at radius 1 is 0.806 bits per heavy atom. The number of nitrogen functional groups attached to an aromatic ring is 1. The van der Waals surface area contributed by atoms with Gasteiger partial charge in [0, 0.05) is 17.7 Å². The molecule has 0 aliphatic heterocycles. The summed E-state index contributed by atoms with van der Waals surface area (Å²) in [6.07, 6.45) is 0.147. The molecule has 0 radical (unpaired) electrons. The van der Waals surface area contributed by atoms with Crippen molar-refractivity contribution in [2.75, 3.05) is 5.73 Å². The summed E-state index contributed by atoms with van der Waals surface area (Å²) >= 11 is 0. The summed E-state index contributed by atoms with van der Waals surface area (Å²) < 4.78 is 0. The van der Waals surface area contributed by atoms with E-state index in [1.54, 1.807) is 54.6 Å². The molecule has 0 aliphatic rings. The molecule has 0 heterocycles. The predicted octanol–water partition coefficient (Wildman–Crippen LogP) is 2.78. The van der Waals surface area contributed by atoms with Crippen molar-refractivity contribution < 1.29 is 29.7 Å². The van der Waals surface area contributed by atoms with Gasteiger partial charge in [-0.05, 0) is 54.1 Å². The molecular weight excluding hydrogens is 400 g/mol.